The zero-order chi connectivity index (χ0) is 13.0. The number of rotatable bonds is 4. The highest BCUT2D eigenvalue weighted by Crippen LogP contribution is 2.29. The molecule has 0 spiro atoms. The zero-order valence-electron chi connectivity index (χ0n) is 10.1. The molecule has 98 valence electrons. The molecule has 1 aliphatic rings. The van der Waals surface area contributed by atoms with Crippen molar-refractivity contribution in [1.29, 1.82) is 0 Å². The van der Waals surface area contributed by atoms with Crippen LogP contribution in [0.4, 0.5) is 17.1 Å². The van der Waals surface area contributed by atoms with Crippen LogP contribution in [0, 0.1) is 10.1 Å². The van der Waals surface area contributed by atoms with Gasteiger partial charge in [-0.25, -0.2) is 0 Å². The monoisotopic (exact) mass is 267 g/mol. The summed E-state index contributed by atoms with van der Waals surface area (Å²) in [6, 6.07) is 4.63. The molecule has 0 saturated carbocycles. The van der Waals surface area contributed by atoms with Gasteiger partial charge in [0, 0.05) is 23.5 Å². The summed E-state index contributed by atoms with van der Waals surface area (Å²) in [5.41, 5.74) is 6.82. The molecule has 3 N–H and O–H groups in total. The van der Waals surface area contributed by atoms with Gasteiger partial charge in [0.15, 0.2) is 0 Å². The van der Waals surface area contributed by atoms with E-state index in [-0.39, 0.29) is 10.6 Å². The number of nitro benzene ring substituents is 1. The molecule has 1 atom stereocenters. The molecule has 1 saturated heterocycles. The number of nitrogens with two attached hydrogens (primary N) is 1. The van der Waals surface area contributed by atoms with E-state index in [1.807, 2.05) is 11.8 Å². The largest absolute Gasteiger partial charge is 0.399 e. The van der Waals surface area contributed by atoms with E-state index < -0.39 is 0 Å². The number of hydrogen-bond acceptors (Lipinski definition) is 5. The van der Waals surface area contributed by atoms with Crippen molar-refractivity contribution >= 4 is 28.8 Å². The van der Waals surface area contributed by atoms with E-state index >= 15 is 0 Å². The number of anilines is 2. The molecule has 1 aliphatic heterocycles. The third-order valence-electron chi connectivity index (χ3n) is 3.01. The Morgan fingerprint density at radius 3 is 3.00 bits per heavy atom. The minimum absolute atomic E-state index is 0.0880. The summed E-state index contributed by atoms with van der Waals surface area (Å²) in [4.78, 5) is 10.5. The summed E-state index contributed by atoms with van der Waals surface area (Å²) < 4.78 is 0. The predicted molar refractivity (Wildman–Crippen MR) is 76.1 cm³/mol. The van der Waals surface area contributed by atoms with Crippen LogP contribution in [0.1, 0.15) is 19.3 Å². The zero-order valence-corrected chi connectivity index (χ0v) is 10.9. The van der Waals surface area contributed by atoms with Crippen LogP contribution in [-0.2, 0) is 0 Å². The number of hydrogen-bond donors (Lipinski definition) is 2. The maximum Gasteiger partial charge on any atom is 0.292 e. The van der Waals surface area contributed by atoms with Gasteiger partial charge in [0.25, 0.3) is 5.69 Å². The molecule has 0 aromatic heterocycles. The summed E-state index contributed by atoms with van der Waals surface area (Å²) in [7, 11) is 0. The van der Waals surface area contributed by atoms with E-state index in [9.17, 15) is 10.1 Å². The van der Waals surface area contributed by atoms with E-state index in [0.29, 0.717) is 16.6 Å². The van der Waals surface area contributed by atoms with Gasteiger partial charge < -0.3 is 11.1 Å². The summed E-state index contributed by atoms with van der Waals surface area (Å²) >= 11 is 1.94. The van der Waals surface area contributed by atoms with Gasteiger partial charge in [-0.3, -0.25) is 10.1 Å². The van der Waals surface area contributed by atoms with Gasteiger partial charge in [-0.1, -0.05) is 6.42 Å². The lowest BCUT2D eigenvalue weighted by atomic mass is 10.2. The highest BCUT2D eigenvalue weighted by molar-refractivity contribution is 7.99. The SMILES string of the molecule is Nc1ccc([N+](=O)[O-])c(NC[C@H]2CCCCS2)c1. The molecule has 1 heterocycles. The number of nitrogen functional groups attached to an aromatic ring is 1. The summed E-state index contributed by atoms with van der Waals surface area (Å²) in [5.74, 6) is 1.19. The minimum atomic E-state index is -0.379. The van der Waals surface area contributed by atoms with Crippen LogP contribution in [0.5, 0.6) is 0 Å². The number of benzene rings is 1. The van der Waals surface area contributed by atoms with Gasteiger partial charge in [0.2, 0.25) is 0 Å². The van der Waals surface area contributed by atoms with Gasteiger partial charge >= 0.3 is 0 Å². The lowest BCUT2D eigenvalue weighted by Gasteiger charge is -2.21. The van der Waals surface area contributed by atoms with E-state index in [1.165, 1.54) is 31.1 Å². The molecule has 5 nitrogen and oxygen atoms in total. The smallest absolute Gasteiger partial charge is 0.292 e. The lowest BCUT2D eigenvalue weighted by molar-refractivity contribution is -0.383. The number of nitro groups is 1. The van der Waals surface area contributed by atoms with E-state index in [0.717, 1.165) is 6.54 Å². The molecule has 0 radical (unpaired) electrons. The van der Waals surface area contributed by atoms with Crippen molar-refractivity contribution in [3.05, 3.63) is 28.3 Å². The second-order valence-electron chi connectivity index (χ2n) is 4.40. The van der Waals surface area contributed by atoms with E-state index in [2.05, 4.69) is 5.32 Å². The molecule has 0 aliphatic carbocycles. The van der Waals surface area contributed by atoms with Crippen LogP contribution in [0.2, 0.25) is 0 Å². The number of nitrogens with one attached hydrogen (secondary N) is 1. The molecule has 18 heavy (non-hydrogen) atoms. The fraction of sp³-hybridized carbons (Fsp3) is 0.500. The van der Waals surface area contributed by atoms with Crippen molar-refractivity contribution in [3.63, 3.8) is 0 Å². The summed E-state index contributed by atoms with van der Waals surface area (Å²) in [6.07, 6.45) is 3.70. The van der Waals surface area contributed by atoms with Gasteiger partial charge in [-0.15, -0.1) is 0 Å². The first-order valence-corrected chi connectivity index (χ1v) is 7.11. The fourth-order valence-electron chi connectivity index (χ4n) is 2.05. The molecule has 0 unspecified atom stereocenters. The van der Waals surface area contributed by atoms with Crippen molar-refractivity contribution in [2.45, 2.75) is 24.5 Å². The van der Waals surface area contributed by atoms with Crippen LogP contribution < -0.4 is 11.1 Å². The number of nitrogens with zero attached hydrogens (tertiary/aromatic N) is 1. The Kier molecular flexibility index (Phi) is 4.30. The Balaban J connectivity index is 2.03. The van der Waals surface area contributed by atoms with Gasteiger partial charge in [0.05, 0.1) is 4.92 Å². The quantitative estimate of drug-likeness (QED) is 0.498. The highest BCUT2D eigenvalue weighted by Gasteiger charge is 2.17. The Labute approximate surface area is 110 Å². The molecule has 6 heteroatoms. The Bertz CT molecular complexity index is 433. The van der Waals surface area contributed by atoms with Gasteiger partial charge in [0.1, 0.15) is 5.69 Å². The van der Waals surface area contributed by atoms with Crippen molar-refractivity contribution < 1.29 is 4.92 Å². The van der Waals surface area contributed by atoms with Crippen molar-refractivity contribution in [2.75, 3.05) is 23.3 Å². The first-order valence-electron chi connectivity index (χ1n) is 6.06. The van der Waals surface area contributed by atoms with Crippen LogP contribution in [0.15, 0.2) is 18.2 Å². The van der Waals surface area contributed by atoms with Gasteiger partial charge in [-0.05, 0) is 30.7 Å². The minimum Gasteiger partial charge on any atom is -0.399 e. The standard InChI is InChI=1S/C12H17N3O2S/c13-9-4-5-12(15(16)17)11(7-9)14-8-10-3-1-2-6-18-10/h4-5,7,10,14H,1-3,6,8,13H2/t10-/m1/s1. The maximum atomic E-state index is 10.9. The highest BCUT2D eigenvalue weighted by atomic mass is 32.2. The number of thioether (sulfide) groups is 1. The predicted octanol–water partition coefficient (Wildman–Crippen LogP) is 2.87. The molecule has 1 aromatic carbocycles. The Morgan fingerprint density at radius 2 is 2.33 bits per heavy atom. The fourth-order valence-corrected chi connectivity index (χ4v) is 3.29. The van der Waals surface area contributed by atoms with Crippen molar-refractivity contribution in [3.8, 4) is 0 Å². The molecular weight excluding hydrogens is 250 g/mol. The van der Waals surface area contributed by atoms with Crippen LogP contribution >= 0.6 is 11.8 Å². The molecule has 2 rings (SSSR count). The van der Waals surface area contributed by atoms with Gasteiger partial charge in [-0.2, -0.15) is 11.8 Å². The third kappa shape index (κ3) is 3.29. The third-order valence-corrected chi connectivity index (χ3v) is 4.41. The first kappa shape index (κ1) is 13.0. The van der Waals surface area contributed by atoms with E-state index in [1.54, 1.807) is 12.1 Å². The van der Waals surface area contributed by atoms with E-state index in [4.69, 9.17) is 5.73 Å². The van der Waals surface area contributed by atoms with Crippen LogP contribution in [0.3, 0.4) is 0 Å². The molecule has 1 fully saturated rings. The van der Waals surface area contributed by atoms with Crippen molar-refractivity contribution in [1.82, 2.24) is 0 Å². The topological polar surface area (TPSA) is 81.2 Å². The molecule has 0 bridgehead atoms. The second-order valence-corrected chi connectivity index (χ2v) is 5.81. The molecular formula is C12H17N3O2S. The van der Waals surface area contributed by atoms with Crippen LogP contribution in [-0.4, -0.2) is 22.5 Å². The Hall–Kier alpha value is -1.43. The van der Waals surface area contributed by atoms with Crippen molar-refractivity contribution in [2.24, 2.45) is 0 Å². The normalized spacial score (nSPS) is 19.4. The second kappa shape index (κ2) is 5.95. The average molecular weight is 267 g/mol. The summed E-state index contributed by atoms with van der Waals surface area (Å²) in [5, 5.41) is 14.6. The maximum absolute atomic E-state index is 10.9. The molecule has 1 aromatic rings. The lowest BCUT2D eigenvalue weighted by Crippen LogP contribution is -2.20. The summed E-state index contributed by atoms with van der Waals surface area (Å²) in [6.45, 7) is 0.759. The first-order chi connectivity index (χ1) is 8.66. The molecule has 0 amide bonds. The average Bonchev–Trinajstić information content (AvgIpc) is 2.37. The van der Waals surface area contributed by atoms with Crippen LogP contribution in [0.25, 0.3) is 0 Å². The Morgan fingerprint density at radius 1 is 1.50 bits per heavy atom.